The second-order valence-corrected chi connectivity index (χ2v) is 5.41. The van der Waals surface area contributed by atoms with Gasteiger partial charge >= 0.3 is 12.2 Å². The molecule has 0 atom stereocenters. The topological polar surface area (TPSA) is 64.1 Å². The Balaban J connectivity index is 2.13. The highest BCUT2D eigenvalue weighted by atomic mass is 19.4. The van der Waals surface area contributed by atoms with Crippen LogP contribution in [0.1, 0.15) is 29.4 Å². The van der Waals surface area contributed by atoms with Gasteiger partial charge in [0.15, 0.2) is 0 Å². The van der Waals surface area contributed by atoms with Gasteiger partial charge in [0.25, 0.3) is 0 Å². The van der Waals surface area contributed by atoms with Crippen molar-refractivity contribution in [3.63, 3.8) is 0 Å². The first-order chi connectivity index (χ1) is 11.7. The molecule has 0 bridgehead atoms. The molecule has 25 heavy (non-hydrogen) atoms. The predicted octanol–water partition coefficient (Wildman–Crippen LogP) is 3.69. The number of anilines is 1. The Labute approximate surface area is 143 Å². The summed E-state index contributed by atoms with van der Waals surface area (Å²) in [4.78, 5) is 20.4. The van der Waals surface area contributed by atoms with Crippen LogP contribution in [-0.4, -0.2) is 22.5 Å². The first-order valence-corrected chi connectivity index (χ1v) is 7.64. The fourth-order valence-electron chi connectivity index (χ4n) is 2.29. The van der Waals surface area contributed by atoms with Crippen molar-refractivity contribution in [3.8, 4) is 6.01 Å². The Kier molecular flexibility index (Phi) is 5.61. The zero-order chi connectivity index (χ0) is 18.6. The third-order valence-corrected chi connectivity index (χ3v) is 3.41. The molecule has 2 rings (SSSR count). The average molecular weight is 353 g/mol. The van der Waals surface area contributed by atoms with Gasteiger partial charge < -0.3 is 10.1 Å². The van der Waals surface area contributed by atoms with Crippen LogP contribution in [0.25, 0.3) is 0 Å². The number of benzene rings is 1. The van der Waals surface area contributed by atoms with Gasteiger partial charge in [0, 0.05) is 0 Å². The SMILES string of the molecule is CCOc1nc(C)c(NC(=O)Cc2cccc(C(F)(F)F)c2)c(C)n1. The van der Waals surface area contributed by atoms with Crippen LogP contribution < -0.4 is 10.1 Å². The standard InChI is InChI=1S/C17H18F3N3O2/c1-4-25-16-21-10(2)15(11(3)22-16)23-14(24)9-12-6-5-7-13(8-12)17(18,19)20/h5-8H,4,9H2,1-3H3,(H,23,24). The van der Waals surface area contributed by atoms with Crippen molar-refractivity contribution in [1.29, 1.82) is 0 Å². The summed E-state index contributed by atoms with van der Waals surface area (Å²) in [5, 5.41) is 2.65. The smallest absolute Gasteiger partial charge is 0.416 e. The van der Waals surface area contributed by atoms with Gasteiger partial charge in [-0.15, -0.1) is 0 Å². The number of halogens is 3. The van der Waals surface area contributed by atoms with E-state index in [1.165, 1.54) is 12.1 Å². The van der Waals surface area contributed by atoms with Crippen molar-refractivity contribution < 1.29 is 22.7 Å². The molecule has 0 saturated heterocycles. The summed E-state index contributed by atoms with van der Waals surface area (Å²) >= 11 is 0. The predicted molar refractivity (Wildman–Crippen MR) is 86.5 cm³/mol. The van der Waals surface area contributed by atoms with Crippen LogP contribution in [0, 0.1) is 13.8 Å². The van der Waals surface area contributed by atoms with Crippen LogP contribution in [0.4, 0.5) is 18.9 Å². The Morgan fingerprint density at radius 1 is 1.20 bits per heavy atom. The molecule has 0 unspecified atom stereocenters. The van der Waals surface area contributed by atoms with E-state index in [0.717, 1.165) is 12.1 Å². The molecule has 0 fully saturated rings. The number of rotatable bonds is 5. The summed E-state index contributed by atoms with van der Waals surface area (Å²) in [6.45, 7) is 5.60. The van der Waals surface area contributed by atoms with E-state index in [1.54, 1.807) is 20.8 Å². The van der Waals surface area contributed by atoms with Gasteiger partial charge in [0.2, 0.25) is 5.91 Å². The molecular formula is C17H18F3N3O2. The molecule has 1 heterocycles. The van der Waals surface area contributed by atoms with E-state index in [1.807, 2.05) is 0 Å². The summed E-state index contributed by atoms with van der Waals surface area (Å²) in [7, 11) is 0. The van der Waals surface area contributed by atoms with E-state index in [0.29, 0.717) is 23.7 Å². The molecule has 0 aliphatic carbocycles. The van der Waals surface area contributed by atoms with E-state index in [-0.39, 0.29) is 18.0 Å². The first kappa shape index (κ1) is 18.7. The van der Waals surface area contributed by atoms with E-state index >= 15 is 0 Å². The van der Waals surface area contributed by atoms with Crippen LogP contribution in [-0.2, 0) is 17.4 Å². The number of ether oxygens (including phenoxy) is 1. The largest absolute Gasteiger partial charge is 0.464 e. The van der Waals surface area contributed by atoms with Gasteiger partial charge in [-0.3, -0.25) is 4.79 Å². The average Bonchev–Trinajstić information content (AvgIpc) is 2.51. The Hall–Kier alpha value is -2.64. The number of aryl methyl sites for hydroxylation is 2. The third-order valence-electron chi connectivity index (χ3n) is 3.41. The van der Waals surface area contributed by atoms with Crippen molar-refractivity contribution in [1.82, 2.24) is 9.97 Å². The molecule has 0 aliphatic heterocycles. The minimum absolute atomic E-state index is 0.185. The number of aromatic nitrogens is 2. The number of amides is 1. The summed E-state index contributed by atoms with van der Waals surface area (Å²) in [6, 6.07) is 4.91. The molecule has 0 saturated carbocycles. The molecule has 0 spiro atoms. The van der Waals surface area contributed by atoms with Crippen molar-refractivity contribution >= 4 is 11.6 Å². The second-order valence-electron chi connectivity index (χ2n) is 5.41. The van der Waals surface area contributed by atoms with E-state index in [9.17, 15) is 18.0 Å². The Morgan fingerprint density at radius 3 is 2.40 bits per heavy atom. The number of nitrogens with zero attached hydrogens (tertiary/aromatic N) is 2. The highest BCUT2D eigenvalue weighted by Crippen LogP contribution is 2.29. The van der Waals surface area contributed by atoms with Gasteiger partial charge in [-0.1, -0.05) is 18.2 Å². The fourth-order valence-corrected chi connectivity index (χ4v) is 2.29. The van der Waals surface area contributed by atoms with Gasteiger partial charge in [-0.05, 0) is 32.4 Å². The molecule has 134 valence electrons. The quantitative estimate of drug-likeness (QED) is 0.890. The van der Waals surface area contributed by atoms with Gasteiger partial charge in [-0.25, -0.2) is 0 Å². The number of carbonyl (C=O) groups is 1. The number of alkyl halides is 3. The maximum Gasteiger partial charge on any atom is 0.416 e. The van der Waals surface area contributed by atoms with E-state index in [4.69, 9.17) is 4.74 Å². The molecule has 0 aliphatic rings. The molecule has 5 nitrogen and oxygen atoms in total. The Morgan fingerprint density at radius 2 is 1.84 bits per heavy atom. The van der Waals surface area contributed by atoms with Crippen LogP contribution in [0.15, 0.2) is 24.3 Å². The normalized spacial score (nSPS) is 11.3. The summed E-state index contributed by atoms with van der Waals surface area (Å²) in [5.74, 6) is -0.446. The number of nitrogens with one attached hydrogen (secondary N) is 1. The molecule has 2 aromatic rings. The maximum absolute atomic E-state index is 12.7. The van der Waals surface area contributed by atoms with Crippen molar-refractivity contribution in [2.45, 2.75) is 33.4 Å². The summed E-state index contributed by atoms with van der Waals surface area (Å²) in [5.41, 5.74) is 0.964. The second kappa shape index (κ2) is 7.50. The summed E-state index contributed by atoms with van der Waals surface area (Å²) in [6.07, 6.45) is -4.63. The molecule has 1 aromatic heterocycles. The lowest BCUT2D eigenvalue weighted by Crippen LogP contribution is -2.18. The first-order valence-electron chi connectivity index (χ1n) is 7.64. The fraction of sp³-hybridized carbons (Fsp3) is 0.353. The zero-order valence-electron chi connectivity index (χ0n) is 14.1. The van der Waals surface area contributed by atoms with Crippen LogP contribution in [0.2, 0.25) is 0 Å². The lowest BCUT2D eigenvalue weighted by molar-refractivity contribution is -0.137. The van der Waals surface area contributed by atoms with Crippen LogP contribution >= 0.6 is 0 Å². The van der Waals surface area contributed by atoms with E-state index < -0.39 is 17.6 Å². The molecule has 0 radical (unpaired) electrons. The molecule has 8 heteroatoms. The van der Waals surface area contributed by atoms with Crippen molar-refractivity contribution in [3.05, 3.63) is 46.8 Å². The molecule has 1 amide bonds. The van der Waals surface area contributed by atoms with Crippen LogP contribution in [0.5, 0.6) is 6.01 Å². The lowest BCUT2D eigenvalue weighted by atomic mass is 10.1. The highest BCUT2D eigenvalue weighted by molar-refractivity contribution is 5.93. The van der Waals surface area contributed by atoms with Crippen molar-refractivity contribution in [2.24, 2.45) is 0 Å². The molecular weight excluding hydrogens is 335 g/mol. The molecule has 1 aromatic carbocycles. The Bertz CT molecular complexity index is 753. The molecule has 1 N–H and O–H groups in total. The van der Waals surface area contributed by atoms with Crippen LogP contribution in [0.3, 0.4) is 0 Å². The minimum Gasteiger partial charge on any atom is -0.464 e. The van der Waals surface area contributed by atoms with Crippen molar-refractivity contribution in [2.75, 3.05) is 11.9 Å². The minimum atomic E-state index is -4.44. The maximum atomic E-state index is 12.7. The highest BCUT2D eigenvalue weighted by Gasteiger charge is 2.30. The zero-order valence-corrected chi connectivity index (χ0v) is 14.1. The van der Waals surface area contributed by atoms with E-state index in [2.05, 4.69) is 15.3 Å². The van der Waals surface area contributed by atoms with Gasteiger partial charge in [0.1, 0.15) is 0 Å². The lowest BCUT2D eigenvalue weighted by Gasteiger charge is -2.13. The number of hydrogen-bond acceptors (Lipinski definition) is 4. The monoisotopic (exact) mass is 353 g/mol. The van der Waals surface area contributed by atoms with Gasteiger partial charge in [0.05, 0.1) is 35.7 Å². The van der Waals surface area contributed by atoms with Gasteiger partial charge in [-0.2, -0.15) is 23.1 Å². The number of carbonyl (C=O) groups excluding carboxylic acids is 1. The third kappa shape index (κ3) is 4.91. The number of hydrogen-bond donors (Lipinski definition) is 1. The summed E-state index contributed by atoms with van der Waals surface area (Å²) < 4.78 is 43.4.